The van der Waals surface area contributed by atoms with Crippen LogP contribution in [-0.2, 0) is 6.18 Å². The molecule has 6 nitrogen and oxygen atoms in total. The molecule has 0 unspecified atom stereocenters. The predicted molar refractivity (Wildman–Crippen MR) is 74.5 cm³/mol. The molecule has 3 aromatic rings. The minimum absolute atomic E-state index is 0.0390. The Morgan fingerprint density at radius 1 is 1.17 bits per heavy atom. The molecular formula is C14H9F3N4O2. The lowest BCUT2D eigenvalue weighted by Crippen LogP contribution is -2.24. The molecule has 3 rings (SSSR count). The molecule has 0 amide bonds. The van der Waals surface area contributed by atoms with E-state index in [9.17, 15) is 18.0 Å². The van der Waals surface area contributed by atoms with Gasteiger partial charge in [-0.2, -0.15) is 18.2 Å². The first-order valence-corrected chi connectivity index (χ1v) is 6.37. The SMILES string of the molecule is COc1nc(=O)n(-c2ncccn2)c2cc(C(F)(F)F)ccc12. The number of methoxy groups -OCH3 is 1. The fourth-order valence-corrected chi connectivity index (χ4v) is 2.13. The third kappa shape index (κ3) is 2.60. The highest BCUT2D eigenvalue weighted by Gasteiger charge is 2.31. The molecule has 0 bridgehead atoms. The molecule has 118 valence electrons. The van der Waals surface area contributed by atoms with E-state index in [1.54, 1.807) is 0 Å². The van der Waals surface area contributed by atoms with Gasteiger partial charge in [-0.1, -0.05) is 0 Å². The molecule has 2 heterocycles. The van der Waals surface area contributed by atoms with Gasteiger partial charge in [-0.25, -0.2) is 19.3 Å². The van der Waals surface area contributed by atoms with Crippen LogP contribution in [0.3, 0.4) is 0 Å². The summed E-state index contributed by atoms with van der Waals surface area (Å²) in [4.78, 5) is 23.7. The van der Waals surface area contributed by atoms with Crippen LogP contribution in [0, 0.1) is 0 Å². The second kappa shape index (κ2) is 5.34. The molecule has 9 heteroatoms. The zero-order valence-corrected chi connectivity index (χ0v) is 11.7. The number of fused-ring (bicyclic) bond motifs is 1. The molecule has 0 saturated heterocycles. The van der Waals surface area contributed by atoms with Crippen LogP contribution >= 0.6 is 0 Å². The zero-order valence-electron chi connectivity index (χ0n) is 11.7. The van der Waals surface area contributed by atoms with Crippen molar-refractivity contribution in [2.75, 3.05) is 7.11 Å². The van der Waals surface area contributed by atoms with Gasteiger partial charge in [0.15, 0.2) is 0 Å². The summed E-state index contributed by atoms with van der Waals surface area (Å²) < 4.78 is 44.8. The van der Waals surface area contributed by atoms with Gasteiger partial charge >= 0.3 is 11.9 Å². The molecule has 0 fully saturated rings. The second-order valence-corrected chi connectivity index (χ2v) is 4.52. The van der Waals surface area contributed by atoms with Gasteiger partial charge in [0.1, 0.15) is 0 Å². The van der Waals surface area contributed by atoms with E-state index in [2.05, 4.69) is 15.0 Å². The van der Waals surface area contributed by atoms with Crippen molar-refractivity contribution >= 4 is 10.9 Å². The van der Waals surface area contributed by atoms with Crippen LogP contribution in [0.25, 0.3) is 16.9 Å². The Kier molecular flexibility index (Phi) is 3.47. The lowest BCUT2D eigenvalue weighted by Gasteiger charge is -2.13. The van der Waals surface area contributed by atoms with E-state index in [1.807, 2.05) is 0 Å². The Bertz CT molecular complexity index is 923. The van der Waals surface area contributed by atoms with Gasteiger partial charge in [-0.15, -0.1) is 0 Å². The molecule has 23 heavy (non-hydrogen) atoms. The van der Waals surface area contributed by atoms with E-state index in [-0.39, 0.29) is 22.7 Å². The van der Waals surface area contributed by atoms with E-state index in [0.717, 1.165) is 16.7 Å². The number of aromatic nitrogens is 4. The summed E-state index contributed by atoms with van der Waals surface area (Å²) in [5.41, 5.74) is -1.77. The average molecular weight is 322 g/mol. The van der Waals surface area contributed by atoms with Crippen molar-refractivity contribution in [1.82, 2.24) is 19.5 Å². The molecule has 0 spiro atoms. The van der Waals surface area contributed by atoms with E-state index in [1.165, 1.54) is 31.6 Å². The predicted octanol–water partition coefficient (Wildman–Crippen LogP) is 2.20. The van der Waals surface area contributed by atoms with Crippen LogP contribution in [0.15, 0.2) is 41.5 Å². The fourth-order valence-electron chi connectivity index (χ4n) is 2.13. The van der Waals surface area contributed by atoms with Crippen LogP contribution < -0.4 is 10.4 Å². The Morgan fingerprint density at radius 2 is 1.87 bits per heavy atom. The highest BCUT2D eigenvalue weighted by atomic mass is 19.4. The maximum absolute atomic E-state index is 13.0. The number of nitrogens with zero attached hydrogens (tertiary/aromatic N) is 4. The summed E-state index contributed by atoms with van der Waals surface area (Å²) in [6, 6.07) is 4.46. The highest BCUT2D eigenvalue weighted by Crippen LogP contribution is 2.33. The fraction of sp³-hybridized carbons (Fsp3) is 0.143. The van der Waals surface area contributed by atoms with Crippen LogP contribution in [-0.4, -0.2) is 26.6 Å². The van der Waals surface area contributed by atoms with Crippen LogP contribution in [0.2, 0.25) is 0 Å². The highest BCUT2D eigenvalue weighted by molar-refractivity contribution is 5.85. The quantitative estimate of drug-likeness (QED) is 0.723. The summed E-state index contributed by atoms with van der Waals surface area (Å²) in [6.45, 7) is 0. The Hall–Kier alpha value is -2.97. The molecule has 0 aliphatic carbocycles. The van der Waals surface area contributed by atoms with Crippen molar-refractivity contribution in [3.8, 4) is 11.8 Å². The van der Waals surface area contributed by atoms with E-state index in [0.29, 0.717) is 0 Å². The molecule has 2 aromatic heterocycles. The molecule has 0 N–H and O–H groups in total. The number of rotatable bonds is 2. The number of alkyl halides is 3. The number of hydrogen-bond acceptors (Lipinski definition) is 5. The van der Waals surface area contributed by atoms with E-state index >= 15 is 0 Å². The Balaban J connectivity index is 2.43. The van der Waals surface area contributed by atoms with Gasteiger partial charge in [0.2, 0.25) is 11.8 Å². The lowest BCUT2D eigenvalue weighted by molar-refractivity contribution is -0.137. The third-order valence-electron chi connectivity index (χ3n) is 3.13. The van der Waals surface area contributed by atoms with Gasteiger partial charge < -0.3 is 4.74 Å². The van der Waals surface area contributed by atoms with Crippen molar-refractivity contribution in [1.29, 1.82) is 0 Å². The van der Waals surface area contributed by atoms with Gasteiger partial charge in [-0.05, 0) is 24.3 Å². The summed E-state index contributed by atoms with van der Waals surface area (Å²) in [7, 11) is 1.28. The first-order valence-electron chi connectivity index (χ1n) is 6.37. The number of benzene rings is 1. The average Bonchev–Trinajstić information content (AvgIpc) is 2.53. The minimum Gasteiger partial charge on any atom is -0.480 e. The molecule has 0 aliphatic rings. The van der Waals surface area contributed by atoms with E-state index in [4.69, 9.17) is 4.74 Å². The van der Waals surface area contributed by atoms with Crippen LogP contribution in [0.1, 0.15) is 5.56 Å². The summed E-state index contributed by atoms with van der Waals surface area (Å²) in [5, 5.41) is 0.243. The summed E-state index contributed by atoms with van der Waals surface area (Å²) >= 11 is 0. The first-order chi connectivity index (χ1) is 10.9. The standard InChI is InChI=1S/C14H9F3N4O2/c1-23-11-9-4-3-8(14(15,16)17)7-10(9)21(13(22)20-11)12-18-5-2-6-19-12/h2-7H,1H3. The minimum atomic E-state index is -4.55. The second-order valence-electron chi connectivity index (χ2n) is 4.52. The number of ether oxygens (including phenoxy) is 1. The smallest absolute Gasteiger partial charge is 0.416 e. The summed E-state index contributed by atoms with van der Waals surface area (Å²) in [6.07, 6.45) is -1.81. The van der Waals surface area contributed by atoms with Gasteiger partial charge in [0, 0.05) is 12.4 Å². The third-order valence-corrected chi connectivity index (χ3v) is 3.13. The molecule has 1 aromatic carbocycles. The van der Waals surface area contributed by atoms with E-state index < -0.39 is 17.4 Å². The molecule has 0 aliphatic heterocycles. The molecule has 0 atom stereocenters. The molecule has 0 radical (unpaired) electrons. The van der Waals surface area contributed by atoms with Crippen molar-refractivity contribution in [3.05, 3.63) is 52.7 Å². The van der Waals surface area contributed by atoms with Gasteiger partial charge in [-0.3, -0.25) is 0 Å². The normalized spacial score (nSPS) is 11.7. The first kappa shape index (κ1) is 14.9. The van der Waals surface area contributed by atoms with Crippen LogP contribution in [0.4, 0.5) is 13.2 Å². The number of halogens is 3. The Labute approximate surface area is 127 Å². The number of hydrogen-bond donors (Lipinski definition) is 0. The Morgan fingerprint density at radius 3 is 2.48 bits per heavy atom. The van der Waals surface area contributed by atoms with Gasteiger partial charge in [0.05, 0.1) is 23.6 Å². The monoisotopic (exact) mass is 322 g/mol. The lowest BCUT2D eigenvalue weighted by atomic mass is 10.1. The largest absolute Gasteiger partial charge is 0.480 e. The topological polar surface area (TPSA) is 69.9 Å². The van der Waals surface area contributed by atoms with Crippen LogP contribution in [0.5, 0.6) is 5.88 Å². The van der Waals surface area contributed by atoms with Crippen molar-refractivity contribution < 1.29 is 17.9 Å². The van der Waals surface area contributed by atoms with Crippen molar-refractivity contribution in [2.45, 2.75) is 6.18 Å². The maximum atomic E-state index is 13.0. The summed E-state index contributed by atoms with van der Waals surface area (Å²) in [5.74, 6) is -0.136. The van der Waals surface area contributed by atoms with Gasteiger partial charge in [0.25, 0.3) is 0 Å². The molecular weight excluding hydrogens is 313 g/mol. The van der Waals surface area contributed by atoms with Crippen molar-refractivity contribution in [2.24, 2.45) is 0 Å². The van der Waals surface area contributed by atoms with Crippen molar-refractivity contribution in [3.63, 3.8) is 0 Å². The zero-order chi connectivity index (χ0) is 16.6. The maximum Gasteiger partial charge on any atom is 0.416 e. The molecule has 0 saturated carbocycles.